The van der Waals surface area contributed by atoms with E-state index in [0.29, 0.717) is 44.6 Å². The van der Waals surface area contributed by atoms with Gasteiger partial charge in [-0.05, 0) is 54.3 Å². The first-order valence-electron chi connectivity index (χ1n) is 11.9. The summed E-state index contributed by atoms with van der Waals surface area (Å²) in [6.07, 6.45) is -0.439. The smallest absolute Gasteiger partial charge is 0.418 e. The summed E-state index contributed by atoms with van der Waals surface area (Å²) in [6.45, 7) is 1.88. The summed E-state index contributed by atoms with van der Waals surface area (Å²) in [7, 11) is 1.30. The van der Waals surface area contributed by atoms with Crippen molar-refractivity contribution in [2.45, 2.75) is 19.0 Å². The molecule has 37 heavy (non-hydrogen) atoms. The minimum atomic E-state index is -4.61. The molecule has 194 valence electrons. The molecule has 4 rings (SSSR count). The maximum absolute atomic E-state index is 13.9. The molecule has 1 aliphatic rings. The molecule has 1 amide bonds. The van der Waals surface area contributed by atoms with Gasteiger partial charge in [0, 0.05) is 44.1 Å². The van der Waals surface area contributed by atoms with E-state index in [1.54, 1.807) is 35.5 Å². The lowest BCUT2D eigenvalue weighted by atomic mass is 10.0. The van der Waals surface area contributed by atoms with Crippen molar-refractivity contribution in [2.24, 2.45) is 0 Å². The zero-order chi connectivity index (χ0) is 26.4. The van der Waals surface area contributed by atoms with Crippen molar-refractivity contribution in [3.63, 3.8) is 0 Å². The molecule has 0 saturated carbocycles. The first-order chi connectivity index (χ1) is 17.8. The van der Waals surface area contributed by atoms with Crippen LogP contribution in [0.3, 0.4) is 0 Å². The second kappa shape index (κ2) is 11.5. The van der Waals surface area contributed by atoms with E-state index in [1.165, 1.54) is 31.5 Å². The van der Waals surface area contributed by atoms with Crippen molar-refractivity contribution < 1.29 is 27.5 Å². The molecule has 0 spiro atoms. The van der Waals surface area contributed by atoms with Crippen molar-refractivity contribution in [3.8, 4) is 0 Å². The quantitative estimate of drug-likeness (QED) is 0.480. The van der Waals surface area contributed by atoms with Crippen molar-refractivity contribution >= 4 is 17.6 Å². The topological polar surface area (TPSA) is 74.8 Å². The largest absolute Gasteiger partial charge is 0.465 e. The Bertz CT molecular complexity index is 1260. The van der Waals surface area contributed by atoms with Crippen molar-refractivity contribution in [1.29, 1.82) is 0 Å². The van der Waals surface area contributed by atoms with E-state index in [0.717, 1.165) is 22.2 Å². The second-order valence-corrected chi connectivity index (χ2v) is 8.61. The Morgan fingerprint density at radius 1 is 0.973 bits per heavy atom. The zero-order valence-corrected chi connectivity index (χ0v) is 20.3. The van der Waals surface area contributed by atoms with Crippen LogP contribution in [0.15, 0.2) is 67.0 Å². The summed E-state index contributed by atoms with van der Waals surface area (Å²) in [5.74, 6) is -1.01. The molecule has 0 radical (unpaired) electrons. The highest BCUT2D eigenvalue weighted by atomic mass is 19.4. The van der Waals surface area contributed by atoms with Crippen molar-refractivity contribution in [1.82, 2.24) is 15.3 Å². The van der Waals surface area contributed by atoms with Crippen LogP contribution in [-0.2, 0) is 23.8 Å². The predicted molar refractivity (Wildman–Crippen MR) is 132 cm³/mol. The molecule has 1 saturated heterocycles. The number of para-hydroxylation sites is 1. The molecular weight excluding hydrogens is 485 g/mol. The van der Waals surface area contributed by atoms with Gasteiger partial charge in [-0.1, -0.05) is 24.3 Å². The lowest BCUT2D eigenvalue weighted by Crippen LogP contribution is -2.55. The van der Waals surface area contributed by atoms with Gasteiger partial charge in [-0.2, -0.15) is 13.2 Å². The highest BCUT2D eigenvalue weighted by molar-refractivity contribution is 6.06. The van der Waals surface area contributed by atoms with E-state index >= 15 is 0 Å². The molecule has 1 aliphatic heterocycles. The fraction of sp³-hybridized carbons (Fsp3) is 0.296. The average Bonchev–Trinajstić information content (AvgIpc) is 2.92. The molecule has 7 nitrogen and oxygen atoms in total. The van der Waals surface area contributed by atoms with Gasteiger partial charge < -0.3 is 10.1 Å². The minimum absolute atomic E-state index is 0.196. The van der Waals surface area contributed by atoms with Crippen molar-refractivity contribution in [3.05, 3.63) is 94.8 Å². The number of amides is 1. The highest BCUT2D eigenvalue weighted by Crippen LogP contribution is 2.37. The number of hydrogen-bond donors (Lipinski definition) is 1. The molecule has 2 aromatic carbocycles. The lowest BCUT2D eigenvalue weighted by molar-refractivity contribution is -0.137. The minimum Gasteiger partial charge on any atom is -0.465 e. The number of nitrogens with zero attached hydrogens (tertiary/aromatic N) is 3. The molecule has 0 atom stereocenters. The van der Waals surface area contributed by atoms with Gasteiger partial charge in [-0.3, -0.25) is 9.78 Å². The number of carbonyl (C=O) groups excluding carboxylic acids is 2. The number of halogens is 3. The maximum Gasteiger partial charge on any atom is 0.418 e. The lowest BCUT2D eigenvalue weighted by Gasteiger charge is -2.38. The standard InChI is InChI=1S/C27H27F3N4O3/c1-37-26(36)22-16-20(17-32-18-22)10-9-19-5-4-6-21(15-19)25(35)34(33-13-11-31-12-14-33)24-8-3-2-7-23(24)27(28,29)30/h2-8,15-18,31H,9-14H2,1H3. The molecule has 2 heterocycles. The molecule has 3 aromatic rings. The number of carbonyl (C=O) groups is 2. The van der Waals surface area contributed by atoms with Crippen LogP contribution in [0.5, 0.6) is 0 Å². The van der Waals surface area contributed by atoms with Gasteiger partial charge in [0.15, 0.2) is 0 Å². The van der Waals surface area contributed by atoms with Crippen LogP contribution in [0.2, 0.25) is 0 Å². The molecule has 1 aromatic heterocycles. The van der Waals surface area contributed by atoms with Gasteiger partial charge in [-0.15, -0.1) is 0 Å². The number of nitrogens with one attached hydrogen (secondary N) is 1. The molecule has 0 bridgehead atoms. The first kappa shape index (κ1) is 26.3. The molecule has 0 aliphatic carbocycles. The fourth-order valence-corrected chi connectivity index (χ4v) is 4.27. The van der Waals surface area contributed by atoms with E-state index in [2.05, 4.69) is 10.3 Å². The number of aryl methyl sites for hydroxylation is 2. The number of alkyl halides is 3. The maximum atomic E-state index is 13.9. The van der Waals surface area contributed by atoms with E-state index in [9.17, 15) is 22.8 Å². The number of anilines is 1. The number of benzene rings is 2. The molecule has 1 fully saturated rings. The van der Waals surface area contributed by atoms with E-state index in [1.807, 2.05) is 6.07 Å². The zero-order valence-electron chi connectivity index (χ0n) is 20.3. The summed E-state index contributed by atoms with van der Waals surface area (Å²) in [6, 6.07) is 13.7. The van der Waals surface area contributed by atoms with Crippen molar-refractivity contribution in [2.75, 3.05) is 38.3 Å². The van der Waals surface area contributed by atoms with Crippen LogP contribution in [0, 0.1) is 0 Å². The number of hydrazine groups is 1. The number of piperazine rings is 1. The van der Waals surface area contributed by atoms with Crippen LogP contribution in [0.4, 0.5) is 18.9 Å². The van der Waals surface area contributed by atoms with Gasteiger partial charge in [-0.25, -0.2) is 14.8 Å². The van der Waals surface area contributed by atoms with E-state index in [-0.39, 0.29) is 11.3 Å². The van der Waals surface area contributed by atoms with E-state index in [4.69, 9.17) is 4.74 Å². The third-order valence-electron chi connectivity index (χ3n) is 6.10. The first-order valence-corrected chi connectivity index (χ1v) is 11.9. The monoisotopic (exact) mass is 512 g/mol. The van der Waals surface area contributed by atoms with Gasteiger partial charge >= 0.3 is 12.1 Å². The number of ether oxygens (including phenoxy) is 1. The third kappa shape index (κ3) is 6.33. The Kier molecular flexibility index (Phi) is 8.20. The summed E-state index contributed by atoms with van der Waals surface area (Å²) in [5.41, 5.74) is 1.22. The fourth-order valence-electron chi connectivity index (χ4n) is 4.27. The van der Waals surface area contributed by atoms with Crippen LogP contribution in [0.25, 0.3) is 0 Å². The van der Waals surface area contributed by atoms with Crippen LogP contribution < -0.4 is 10.3 Å². The third-order valence-corrected chi connectivity index (χ3v) is 6.10. The second-order valence-electron chi connectivity index (χ2n) is 8.61. The summed E-state index contributed by atoms with van der Waals surface area (Å²) >= 11 is 0. The SMILES string of the molecule is COC(=O)c1cncc(CCc2cccc(C(=O)N(c3ccccc3C(F)(F)F)N3CCNCC3)c2)c1. The highest BCUT2D eigenvalue weighted by Gasteiger charge is 2.38. The van der Waals surface area contributed by atoms with E-state index < -0.39 is 23.6 Å². The Balaban J connectivity index is 1.61. The van der Waals surface area contributed by atoms with Gasteiger partial charge in [0.25, 0.3) is 5.91 Å². The normalized spacial score (nSPS) is 14.3. The van der Waals surface area contributed by atoms with Crippen LogP contribution >= 0.6 is 0 Å². The molecule has 10 heteroatoms. The Morgan fingerprint density at radius 3 is 2.41 bits per heavy atom. The average molecular weight is 513 g/mol. The van der Waals surface area contributed by atoms with Gasteiger partial charge in [0.1, 0.15) is 0 Å². The number of aromatic nitrogens is 1. The van der Waals surface area contributed by atoms with Gasteiger partial charge in [0.2, 0.25) is 0 Å². The predicted octanol–water partition coefficient (Wildman–Crippen LogP) is 4.14. The Labute approximate surface area is 212 Å². The number of methoxy groups -OCH3 is 1. The van der Waals surface area contributed by atoms with Crippen LogP contribution in [0.1, 0.15) is 37.4 Å². The number of rotatable bonds is 7. The Morgan fingerprint density at radius 2 is 1.68 bits per heavy atom. The number of esters is 1. The molecule has 1 N–H and O–H groups in total. The summed E-state index contributed by atoms with van der Waals surface area (Å²) < 4.78 is 46.3. The number of hydrogen-bond acceptors (Lipinski definition) is 6. The van der Waals surface area contributed by atoms with Crippen LogP contribution in [-0.4, -0.2) is 55.2 Å². The summed E-state index contributed by atoms with van der Waals surface area (Å²) in [5, 5.41) is 5.98. The number of pyridine rings is 1. The summed E-state index contributed by atoms with van der Waals surface area (Å²) in [4.78, 5) is 29.6. The molecular formula is C27H27F3N4O3. The molecule has 0 unspecified atom stereocenters. The Hall–Kier alpha value is -3.76. The van der Waals surface area contributed by atoms with Gasteiger partial charge in [0.05, 0.1) is 23.9 Å².